The minimum atomic E-state index is -0.701. The van der Waals surface area contributed by atoms with E-state index in [-0.39, 0.29) is 36.3 Å². The van der Waals surface area contributed by atoms with E-state index in [2.05, 4.69) is 15.6 Å². The molecular formula is C13H20F2IN3OS. The van der Waals surface area contributed by atoms with Crippen LogP contribution in [0.5, 0.6) is 5.75 Å². The lowest BCUT2D eigenvalue weighted by Gasteiger charge is -2.12. The Morgan fingerprint density at radius 1 is 1.29 bits per heavy atom. The molecule has 0 atom stereocenters. The highest BCUT2D eigenvalue weighted by atomic mass is 127. The van der Waals surface area contributed by atoms with E-state index in [4.69, 9.17) is 4.74 Å². The van der Waals surface area contributed by atoms with Crippen LogP contribution < -0.4 is 15.4 Å². The first kappa shape index (κ1) is 20.2. The summed E-state index contributed by atoms with van der Waals surface area (Å²) in [6.45, 7) is 1.54. The average Bonchev–Trinajstić information content (AvgIpc) is 2.43. The average molecular weight is 431 g/mol. The van der Waals surface area contributed by atoms with Crippen LogP contribution in [0.15, 0.2) is 23.2 Å². The number of halogens is 3. The summed E-state index contributed by atoms with van der Waals surface area (Å²) in [6.07, 6.45) is 2.03. The second-order valence-corrected chi connectivity index (χ2v) is 4.83. The molecule has 120 valence electrons. The monoisotopic (exact) mass is 431 g/mol. The zero-order valence-electron chi connectivity index (χ0n) is 12.0. The van der Waals surface area contributed by atoms with Gasteiger partial charge in [0.05, 0.1) is 6.54 Å². The second kappa shape index (κ2) is 11.8. The van der Waals surface area contributed by atoms with Crippen molar-refractivity contribution in [2.24, 2.45) is 4.99 Å². The molecule has 0 unspecified atom stereocenters. The third-order valence-electron chi connectivity index (χ3n) is 2.37. The molecule has 0 aliphatic heterocycles. The smallest absolute Gasteiger partial charge is 0.191 e. The first-order chi connectivity index (χ1) is 9.67. The Morgan fingerprint density at radius 2 is 2.00 bits per heavy atom. The number of ether oxygens (including phenoxy) is 1. The predicted molar refractivity (Wildman–Crippen MR) is 95.0 cm³/mol. The minimum absolute atomic E-state index is 0. The van der Waals surface area contributed by atoms with Crippen LogP contribution >= 0.6 is 35.7 Å². The third kappa shape index (κ3) is 8.30. The highest BCUT2D eigenvalue weighted by Crippen LogP contribution is 2.17. The van der Waals surface area contributed by atoms with Gasteiger partial charge >= 0.3 is 0 Å². The molecule has 0 amide bonds. The molecule has 21 heavy (non-hydrogen) atoms. The van der Waals surface area contributed by atoms with Crippen molar-refractivity contribution in [3.63, 3.8) is 0 Å². The largest absolute Gasteiger partial charge is 0.489 e. The van der Waals surface area contributed by atoms with E-state index in [1.165, 1.54) is 6.07 Å². The number of thioether (sulfide) groups is 1. The highest BCUT2D eigenvalue weighted by Gasteiger charge is 2.04. The molecule has 0 bridgehead atoms. The van der Waals surface area contributed by atoms with Gasteiger partial charge in [0.15, 0.2) is 17.5 Å². The molecule has 1 rings (SSSR count). The van der Waals surface area contributed by atoms with Crippen LogP contribution in [0.2, 0.25) is 0 Å². The number of benzene rings is 1. The zero-order valence-corrected chi connectivity index (χ0v) is 15.1. The molecule has 1 aromatic rings. The van der Waals surface area contributed by atoms with Crippen LogP contribution in [0.25, 0.3) is 0 Å². The van der Waals surface area contributed by atoms with Crippen LogP contribution in [0.4, 0.5) is 8.78 Å². The van der Waals surface area contributed by atoms with Gasteiger partial charge in [-0.2, -0.15) is 11.8 Å². The van der Waals surface area contributed by atoms with Gasteiger partial charge in [0.2, 0.25) is 0 Å². The van der Waals surface area contributed by atoms with Crippen molar-refractivity contribution in [1.29, 1.82) is 0 Å². The highest BCUT2D eigenvalue weighted by molar-refractivity contribution is 14.0. The summed E-state index contributed by atoms with van der Waals surface area (Å²) in [5.41, 5.74) is 0. The molecule has 1 aromatic carbocycles. The Kier molecular flexibility index (Phi) is 11.4. The molecule has 0 spiro atoms. The summed E-state index contributed by atoms with van der Waals surface area (Å²) in [4.78, 5) is 4.04. The zero-order chi connectivity index (χ0) is 14.8. The molecule has 0 aliphatic rings. The first-order valence-electron chi connectivity index (χ1n) is 6.18. The molecule has 0 aromatic heterocycles. The number of hydrogen-bond donors (Lipinski definition) is 2. The van der Waals surface area contributed by atoms with Gasteiger partial charge in [-0.15, -0.1) is 24.0 Å². The fraction of sp³-hybridized carbons (Fsp3) is 0.462. The molecule has 0 radical (unpaired) electrons. The number of nitrogens with one attached hydrogen (secondary N) is 2. The Balaban J connectivity index is 0.00000400. The molecule has 0 aliphatic carbocycles. The number of guanidine groups is 1. The van der Waals surface area contributed by atoms with Gasteiger partial charge in [-0.05, 0) is 18.4 Å². The molecule has 0 fully saturated rings. The molecule has 0 saturated carbocycles. The number of hydrogen-bond acceptors (Lipinski definition) is 3. The number of nitrogens with zero attached hydrogens (tertiary/aromatic N) is 1. The summed E-state index contributed by atoms with van der Waals surface area (Å²) >= 11 is 1.74. The van der Waals surface area contributed by atoms with Gasteiger partial charge in [-0.3, -0.25) is 4.99 Å². The lowest BCUT2D eigenvalue weighted by molar-refractivity contribution is 0.304. The van der Waals surface area contributed by atoms with Crippen LogP contribution in [0.1, 0.15) is 0 Å². The Morgan fingerprint density at radius 3 is 2.62 bits per heavy atom. The van der Waals surface area contributed by atoms with Gasteiger partial charge in [-0.1, -0.05) is 0 Å². The lowest BCUT2D eigenvalue weighted by atomic mass is 10.3. The molecular weight excluding hydrogens is 411 g/mol. The maximum absolute atomic E-state index is 13.3. The maximum Gasteiger partial charge on any atom is 0.191 e. The van der Waals surface area contributed by atoms with Crippen LogP contribution in [-0.4, -0.2) is 44.7 Å². The van der Waals surface area contributed by atoms with Crippen molar-refractivity contribution < 1.29 is 13.5 Å². The quantitative estimate of drug-likeness (QED) is 0.302. The van der Waals surface area contributed by atoms with Crippen molar-refractivity contribution in [3.8, 4) is 5.75 Å². The van der Waals surface area contributed by atoms with E-state index in [1.807, 2.05) is 6.26 Å². The van der Waals surface area contributed by atoms with Gasteiger partial charge in [0.1, 0.15) is 12.4 Å². The van der Waals surface area contributed by atoms with Crippen LogP contribution in [-0.2, 0) is 0 Å². The van der Waals surface area contributed by atoms with Crippen LogP contribution in [0, 0.1) is 11.6 Å². The summed E-state index contributed by atoms with van der Waals surface area (Å²) in [5, 5.41) is 6.16. The maximum atomic E-state index is 13.3. The molecule has 0 heterocycles. The lowest BCUT2D eigenvalue weighted by Crippen LogP contribution is -2.40. The van der Waals surface area contributed by atoms with E-state index in [0.29, 0.717) is 12.5 Å². The predicted octanol–water partition coefficient (Wildman–Crippen LogP) is 2.49. The summed E-state index contributed by atoms with van der Waals surface area (Å²) in [6, 6.07) is 3.23. The van der Waals surface area contributed by atoms with Crippen molar-refractivity contribution in [2.45, 2.75) is 0 Å². The first-order valence-corrected chi connectivity index (χ1v) is 7.58. The molecule has 0 saturated heterocycles. The van der Waals surface area contributed by atoms with Crippen molar-refractivity contribution in [1.82, 2.24) is 10.6 Å². The molecule has 8 heteroatoms. The summed E-state index contributed by atoms with van der Waals surface area (Å²) < 4.78 is 31.2. The fourth-order valence-electron chi connectivity index (χ4n) is 1.41. The summed E-state index contributed by atoms with van der Waals surface area (Å²) in [7, 11) is 1.68. The van der Waals surface area contributed by atoms with E-state index in [0.717, 1.165) is 24.4 Å². The fourth-order valence-corrected chi connectivity index (χ4v) is 1.72. The standard InChI is InChI=1S/C13H19F2N3OS.HI/c1-16-13(18-6-8-20-2)17-5-7-19-12-4-3-10(14)9-11(12)15;/h3-4,9H,5-8H2,1-2H3,(H2,16,17,18);1H. The second-order valence-electron chi connectivity index (χ2n) is 3.84. The van der Waals surface area contributed by atoms with E-state index in [1.54, 1.807) is 18.8 Å². The SMILES string of the molecule is CN=C(NCCOc1ccc(F)cc1F)NCCSC.I. The number of aliphatic imine (C=N–C) groups is 1. The Labute approximate surface area is 145 Å². The van der Waals surface area contributed by atoms with Crippen molar-refractivity contribution in [3.05, 3.63) is 29.8 Å². The topological polar surface area (TPSA) is 45.7 Å². The number of rotatable bonds is 7. The van der Waals surface area contributed by atoms with Gasteiger partial charge in [-0.25, -0.2) is 8.78 Å². The van der Waals surface area contributed by atoms with E-state index >= 15 is 0 Å². The molecule has 4 nitrogen and oxygen atoms in total. The van der Waals surface area contributed by atoms with Gasteiger partial charge in [0, 0.05) is 25.4 Å². The van der Waals surface area contributed by atoms with E-state index < -0.39 is 11.6 Å². The van der Waals surface area contributed by atoms with Crippen molar-refractivity contribution in [2.75, 3.05) is 38.8 Å². The molecule has 2 N–H and O–H groups in total. The third-order valence-corrected chi connectivity index (χ3v) is 2.98. The van der Waals surface area contributed by atoms with Gasteiger partial charge < -0.3 is 15.4 Å². The minimum Gasteiger partial charge on any atom is -0.489 e. The van der Waals surface area contributed by atoms with Gasteiger partial charge in [0.25, 0.3) is 0 Å². The Hall–Kier alpha value is -0.770. The van der Waals surface area contributed by atoms with E-state index in [9.17, 15) is 8.78 Å². The Bertz CT molecular complexity index is 449. The van der Waals surface area contributed by atoms with Crippen LogP contribution in [0.3, 0.4) is 0 Å². The summed E-state index contributed by atoms with van der Waals surface area (Å²) in [5.74, 6) is 0.373. The van der Waals surface area contributed by atoms with Crippen molar-refractivity contribution >= 4 is 41.7 Å². The normalized spacial score (nSPS) is 10.8.